The van der Waals surface area contributed by atoms with Gasteiger partial charge in [0.25, 0.3) is 5.91 Å². The van der Waals surface area contributed by atoms with Gasteiger partial charge in [-0.25, -0.2) is 4.39 Å². The minimum Gasteiger partial charge on any atom is -0.494 e. The Morgan fingerprint density at radius 1 is 1.38 bits per heavy atom. The van der Waals surface area contributed by atoms with Gasteiger partial charge in [0.15, 0.2) is 5.75 Å². The Hall–Kier alpha value is -2.27. The van der Waals surface area contributed by atoms with Gasteiger partial charge < -0.3 is 15.8 Å². The molecule has 1 amide bonds. The van der Waals surface area contributed by atoms with E-state index < -0.39 is 5.82 Å². The molecule has 0 saturated carbocycles. The van der Waals surface area contributed by atoms with Crippen molar-refractivity contribution in [1.29, 1.82) is 0 Å². The summed E-state index contributed by atoms with van der Waals surface area (Å²) in [4.78, 5) is 12.1. The van der Waals surface area contributed by atoms with Gasteiger partial charge in [-0.05, 0) is 29.8 Å². The largest absolute Gasteiger partial charge is 0.494 e. The summed E-state index contributed by atoms with van der Waals surface area (Å²) in [6, 6.07) is 9.20. The molecule has 6 heteroatoms. The summed E-state index contributed by atoms with van der Waals surface area (Å²) in [5, 5.41) is 2.73. The summed E-state index contributed by atoms with van der Waals surface area (Å²) in [7, 11) is 1.45. The number of methoxy groups -OCH3 is 1. The molecule has 0 aliphatic carbocycles. The maximum Gasteiger partial charge on any atom is 0.255 e. The molecule has 2 aromatic carbocycles. The number of nitrogens with one attached hydrogen (secondary N) is 1. The van der Waals surface area contributed by atoms with E-state index in [9.17, 15) is 9.18 Å². The second-order valence-corrected chi connectivity index (χ2v) is 4.77. The molecule has 0 atom stereocenters. The lowest BCUT2D eigenvalue weighted by molar-refractivity contribution is 0.0948. The molecule has 0 unspecified atom stereocenters. The number of amides is 1. The lowest BCUT2D eigenvalue weighted by Gasteiger charge is -2.11. The van der Waals surface area contributed by atoms with E-state index >= 15 is 0 Å². The number of hydrogen-bond acceptors (Lipinski definition) is 3. The smallest absolute Gasteiger partial charge is 0.255 e. The Labute approximate surface area is 126 Å². The van der Waals surface area contributed by atoms with Gasteiger partial charge >= 0.3 is 0 Å². The van der Waals surface area contributed by atoms with Crippen LogP contribution in [0.3, 0.4) is 0 Å². The van der Waals surface area contributed by atoms with E-state index in [1.807, 2.05) is 0 Å². The van der Waals surface area contributed by atoms with Gasteiger partial charge in [0, 0.05) is 6.54 Å². The van der Waals surface area contributed by atoms with Crippen LogP contribution in [0.15, 0.2) is 36.4 Å². The van der Waals surface area contributed by atoms with E-state index in [0.717, 1.165) is 0 Å². The van der Waals surface area contributed by atoms with Crippen molar-refractivity contribution in [2.75, 3.05) is 12.8 Å². The van der Waals surface area contributed by atoms with E-state index in [2.05, 4.69) is 5.32 Å². The third-order valence-electron chi connectivity index (χ3n) is 2.93. The van der Waals surface area contributed by atoms with Gasteiger partial charge in [0.1, 0.15) is 5.82 Å². The molecule has 0 spiro atoms. The first kappa shape index (κ1) is 15.1. The van der Waals surface area contributed by atoms with E-state index in [4.69, 9.17) is 22.1 Å². The fourth-order valence-corrected chi connectivity index (χ4v) is 2.09. The third-order valence-corrected chi connectivity index (χ3v) is 3.22. The number of rotatable bonds is 4. The minimum atomic E-state index is -0.496. The van der Waals surface area contributed by atoms with Crippen molar-refractivity contribution >= 4 is 23.2 Å². The van der Waals surface area contributed by atoms with E-state index in [-0.39, 0.29) is 17.5 Å². The molecular weight excluding hydrogens is 295 g/mol. The quantitative estimate of drug-likeness (QED) is 0.853. The Kier molecular flexibility index (Phi) is 4.65. The van der Waals surface area contributed by atoms with E-state index in [1.165, 1.54) is 19.2 Å². The second-order valence-electron chi connectivity index (χ2n) is 4.36. The van der Waals surface area contributed by atoms with Crippen molar-refractivity contribution < 1.29 is 13.9 Å². The molecule has 0 radical (unpaired) electrons. The number of para-hydroxylation sites is 1. The van der Waals surface area contributed by atoms with Crippen molar-refractivity contribution in [3.05, 3.63) is 58.4 Å². The predicted molar refractivity (Wildman–Crippen MR) is 80.0 cm³/mol. The summed E-state index contributed by atoms with van der Waals surface area (Å²) in [5.74, 6) is -0.504. The van der Waals surface area contributed by atoms with Crippen LogP contribution < -0.4 is 15.8 Å². The van der Waals surface area contributed by atoms with Crippen LogP contribution in [0, 0.1) is 5.82 Å². The van der Waals surface area contributed by atoms with Crippen molar-refractivity contribution in [3.8, 4) is 5.75 Å². The molecule has 0 bridgehead atoms. The Bertz CT molecular complexity index is 677. The summed E-state index contributed by atoms with van der Waals surface area (Å²) in [6.45, 7) is 0.219. The molecule has 4 nitrogen and oxygen atoms in total. The molecule has 3 N–H and O–H groups in total. The van der Waals surface area contributed by atoms with Crippen molar-refractivity contribution in [2.45, 2.75) is 6.54 Å². The van der Waals surface area contributed by atoms with Crippen LogP contribution in [0.4, 0.5) is 10.1 Å². The SMILES string of the molecule is COc1c(N)cccc1C(=O)NCc1ccc(F)c(Cl)c1. The number of nitrogens with two attached hydrogens (primary N) is 1. The average Bonchev–Trinajstić information content (AvgIpc) is 2.48. The Balaban J connectivity index is 2.12. The number of benzene rings is 2. The highest BCUT2D eigenvalue weighted by Gasteiger charge is 2.14. The fourth-order valence-electron chi connectivity index (χ4n) is 1.89. The molecule has 0 aliphatic heterocycles. The van der Waals surface area contributed by atoms with Gasteiger partial charge in [-0.2, -0.15) is 0 Å². The summed E-state index contributed by atoms with van der Waals surface area (Å²) in [5.41, 5.74) is 7.16. The van der Waals surface area contributed by atoms with Crippen molar-refractivity contribution in [1.82, 2.24) is 5.32 Å². The van der Waals surface area contributed by atoms with Crippen LogP contribution in [0.5, 0.6) is 5.75 Å². The number of carbonyl (C=O) groups excluding carboxylic acids is 1. The summed E-state index contributed by atoms with van der Waals surface area (Å²) >= 11 is 5.69. The van der Waals surface area contributed by atoms with Crippen LogP contribution in [0.1, 0.15) is 15.9 Å². The lowest BCUT2D eigenvalue weighted by atomic mass is 10.1. The van der Waals surface area contributed by atoms with Crippen LogP contribution in [0.25, 0.3) is 0 Å². The zero-order valence-electron chi connectivity index (χ0n) is 11.3. The second kappa shape index (κ2) is 6.45. The monoisotopic (exact) mass is 308 g/mol. The Morgan fingerprint density at radius 3 is 2.81 bits per heavy atom. The van der Waals surface area contributed by atoms with Gasteiger partial charge in [-0.15, -0.1) is 0 Å². The highest BCUT2D eigenvalue weighted by molar-refractivity contribution is 6.30. The Morgan fingerprint density at radius 2 is 2.14 bits per heavy atom. The van der Waals surface area contributed by atoms with E-state index in [0.29, 0.717) is 22.6 Å². The zero-order valence-corrected chi connectivity index (χ0v) is 12.1. The average molecular weight is 309 g/mol. The van der Waals surface area contributed by atoms with Crippen molar-refractivity contribution in [3.63, 3.8) is 0 Å². The molecular formula is C15H14ClFN2O2. The number of halogens is 2. The number of carbonyl (C=O) groups is 1. The molecule has 0 aliphatic rings. The van der Waals surface area contributed by atoms with Crippen LogP contribution >= 0.6 is 11.6 Å². The number of hydrogen-bond donors (Lipinski definition) is 2. The third kappa shape index (κ3) is 3.44. The standard InChI is InChI=1S/C15H14ClFN2O2/c1-21-14-10(3-2-4-13(14)18)15(20)19-8-9-5-6-12(17)11(16)7-9/h2-7H,8,18H2,1H3,(H,19,20). The minimum absolute atomic E-state index is 0.0169. The van der Waals surface area contributed by atoms with E-state index in [1.54, 1.807) is 24.3 Å². The highest BCUT2D eigenvalue weighted by atomic mass is 35.5. The molecule has 21 heavy (non-hydrogen) atoms. The molecule has 2 aromatic rings. The van der Waals surface area contributed by atoms with Gasteiger partial charge in [0.2, 0.25) is 0 Å². The highest BCUT2D eigenvalue weighted by Crippen LogP contribution is 2.25. The van der Waals surface area contributed by atoms with Gasteiger partial charge in [0.05, 0.1) is 23.4 Å². The molecule has 0 saturated heterocycles. The summed E-state index contributed by atoms with van der Waals surface area (Å²) < 4.78 is 18.2. The first-order chi connectivity index (χ1) is 10.0. The number of nitrogen functional groups attached to an aromatic ring is 1. The predicted octanol–water partition coefficient (Wildman–Crippen LogP) is 3.00. The number of anilines is 1. The molecule has 0 heterocycles. The maximum absolute atomic E-state index is 13.1. The van der Waals surface area contributed by atoms with Crippen molar-refractivity contribution in [2.24, 2.45) is 0 Å². The topological polar surface area (TPSA) is 64.3 Å². The summed E-state index contributed by atoms with van der Waals surface area (Å²) in [6.07, 6.45) is 0. The fraction of sp³-hybridized carbons (Fsp3) is 0.133. The van der Waals surface area contributed by atoms with Crippen LogP contribution in [-0.4, -0.2) is 13.0 Å². The number of ether oxygens (including phenoxy) is 1. The molecule has 0 fully saturated rings. The molecule has 110 valence electrons. The molecule has 0 aromatic heterocycles. The first-order valence-electron chi connectivity index (χ1n) is 6.17. The zero-order chi connectivity index (χ0) is 15.4. The van der Waals surface area contributed by atoms with Gasteiger partial charge in [-0.1, -0.05) is 23.7 Å². The van der Waals surface area contributed by atoms with Gasteiger partial charge in [-0.3, -0.25) is 4.79 Å². The normalized spacial score (nSPS) is 10.2. The lowest BCUT2D eigenvalue weighted by Crippen LogP contribution is -2.23. The first-order valence-corrected chi connectivity index (χ1v) is 6.55. The molecule has 2 rings (SSSR count). The van der Waals surface area contributed by atoms with Crippen LogP contribution in [0.2, 0.25) is 5.02 Å². The maximum atomic E-state index is 13.1. The van der Waals surface area contributed by atoms with Crippen LogP contribution in [-0.2, 0) is 6.54 Å².